The zero-order valence-corrected chi connectivity index (χ0v) is 11.2. The third-order valence-corrected chi connectivity index (χ3v) is 5.35. The molecule has 3 N–H and O–H groups in total. The molecule has 0 aromatic carbocycles. The minimum atomic E-state index is -3.19. The fourth-order valence-corrected chi connectivity index (χ4v) is 4.40. The molecule has 0 radical (unpaired) electrons. The number of rotatable bonds is 1. The van der Waals surface area contributed by atoms with Gasteiger partial charge in [0.2, 0.25) is 11.8 Å². The van der Waals surface area contributed by atoms with Gasteiger partial charge < -0.3 is 5.73 Å². The van der Waals surface area contributed by atoms with Gasteiger partial charge in [0, 0.05) is 12.1 Å². The molecule has 0 aromatic heterocycles. The first-order chi connectivity index (χ1) is 8.13. The molecule has 2 aliphatic heterocycles. The number of nitrogens with two attached hydrogens (primary N) is 1. The van der Waals surface area contributed by atoms with Gasteiger partial charge in [-0.05, 0) is 13.8 Å². The number of amides is 2. The molecule has 2 unspecified atom stereocenters. The van der Waals surface area contributed by atoms with E-state index < -0.39 is 39.3 Å². The second-order valence-corrected chi connectivity index (χ2v) is 7.53. The van der Waals surface area contributed by atoms with Gasteiger partial charge >= 0.3 is 0 Å². The van der Waals surface area contributed by atoms with Crippen molar-refractivity contribution in [1.82, 2.24) is 10.2 Å². The molecule has 2 fully saturated rings. The Morgan fingerprint density at radius 1 is 1.33 bits per heavy atom. The summed E-state index contributed by atoms with van der Waals surface area (Å²) in [6, 6.07) is -1.05. The number of hydrogen-bond acceptors (Lipinski definition) is 6. The third kappa shape index (κ3) is 2.15. The summed E-state index contributed by atoms with van der Waals surface area (Å²) in [6.45, 7) is 3.31. The van der Waals surface area contributed by atoms with Crippen LogP contribution < -0.4 is 11.1 Å². The predicted molar refractivity (Wildman–Crippen MR) is 64.4 cm³/mol. The maximum atomic E-state index is 11.8. The zero-order chi connectivity index (χ0) is 13.7. The van der Waals surface area contributed by atoms with E-state index in [0.29, 0.717) is 0 Å². The number of sulfone groups is 1. The first-order valence-electron chi connectivity index (χ1n) is 5.70. The van der Waals surface area contributed by atoms with Gasteiger partial charge in [-0.1, -0.05) is 0 Å². The molecule has 0 aliphatic carbocycles. The summed E-state index contributed by atoms with van der Waals surface area (Å²) in [5.74, 6) is -1.04. The lowest BCUT2D eigenvalue weighted by molar-refractivity contribution is -0.147. The lowest BCUT2D eigenvalue weighted by Crippen LogP contribution is -2.68. The minimum Gasteiger partial charge on any atom is -0.325 e. The SMILES string of the molecule is CC1(C)C(=O)NC(=O)CN1C1CS(=O)(=O)CC1N. The predicted octanol–water partition coefficient (Wildman–Crippen LogP) is -2.15. The van der Waals surface area contributed by atoms with Crippen LogP contribution in [0.4, 0.5) is 0 Å². The van der Waals surface area contributed by atoms with E-state index in [2.05, 4.69) is 5.32 Å². The fraction of sp³-hybridized carbons (Fsp3) is 0.800. The molecule has 2 atom stereocenters. The van der Waals surface area contributed by atoms with Gasteiger partial charge in [0.05, 0.1) is 23.6 Å². The average molecular weight is 275 g/mol. The topological polar surface area (TPSA) is 110 Å². The molecule has 0 spiro atoms. The molecule has 2 saturated heterocycles. The Labute approximate surface area is 106 Å². The van der Waals surface area contributed by atoms with Crippen LogP contribution in [0.5, 0.6) is 0 Å². The average Bonchev–Trinajstić information content (AvgIpc) is 2.46. The normalized spacial score (nSPS) is 35.5. The van der Waals surface area contributed by atoms with Crippen LogP contribution in [0.25, 0.3) is 0 Å². The van der Waals surface area contributed by atoms with Gasteiger partial charge in [-0.25, -0.2) is 8.42 Å². The zero-order valence-electron chi connectivity index (χ0n) is 10.3. The number of nitrogens with one attached hydrogen (secondary N) is 1. The van der Waals surface area contributed by atoms with Gasteiger partial charge in [0.1, 0.15) is 0 Å². The van der Waals surface area contributed by atoms with Crippen LogP contribution in [-0.4, -0.2) is 60.8 Å². The van der Waals surface area contributed by atoms with Crippen LogP contribution in [0.3, 0.4) is 0 Å². The van der Waals surface area contributed by atoms with Crippen LogP contribution in [0.2, 0.25) is 0 Å². The van der Waals surface area contributed by atoms with Crippen LogP contribution >= 0.6 is 0 Å². The van der Waals surface area contributed by atoms with Gasteiger partial charge in [0.15, 0.2) is 9.84 Å². The smallest absolute Gasteiger partial charge is 0.246 e. The lowest BCUT2D eigenvalue weighted by atomic mass is 9.94. The molecule has 7 nitrogen and oxygen atoms in total. The van der Waals surface area contributed by atoms with E-state index in [1.807, 2.05) is 0 Å². The summed E-state index contributed by atoms with van der Waals surface area (Å²) in [5, 5.41) is 2.25. The van der Waals surface area contributed by atoms with Crippen LogP contribution in [0, 0.1) is 0 Å². The van der Waals surface area contributed by atoms with Gasteiger partial charge in [-0.2, -0.15) is 0 Å². The Kier molecular flexibility index (Phi) is 2.99. The molecule has 2 heterocycles. The van der Waals surface area contributed by atoms with Crippen molar-refractivity contribution in [2.24, 2.45) is 5.73 Å². The van der Waals surface area contributed by atoms with E-state index in [4.69, 9.17) is 5.73 Å². The molecule has 2 aliphatic rings. The Morgan fingerprint density at radius 3 is 2.44 bits per heavy atom. The second kappa shape index (κ2) is 4.01. The number of carbonyl (C=O) groups excluding carboxylic acids is 2. The molecule has 102 valence electrons. The van der Waals surface area contributed by atoms with Crippen molar-refractivity contribution in [2.45, 2.75) is 31.5 Å². The van der Waals surface area contributed by atoms with E-state index in [1.165, 1.54) is 0 Å². The number of imide groups is 1. The Balaban J connectivity index is 2.31. The van der Waals surface area contributed by atoms with Crippen molar-refractivity contribution in [3.8, 4) is 0 Å². The van der Waals surface area contributed by atoms with E-state index >= 15 is 0 Å². The first-order valence-corrected chi connectivity index (χ1v) is 7.53. The van der Waals surface area contributed by atoms with Crippen molar-refractivity contribution in [3.05, 3.63) is 0 Å². The first kappa shape index (κ1) is 13.4. The lowest BCUT2D eigenvalue weighted by Gasteiger charge is -2.44. The monoisotopic (exact) mass is 275 g/mol. The second-order valence-electron chi connectivity index (χ2n) is 5.37. The standard InChI is InChI=1S/C10H17N3O4S/c1-10(2)9(15)12-8(14)3-13(10)7-5-18(16,17)4-6(7)11/h6-7H,3-5,11H2,1-2H3,(H,12,14,15). The fourth-order valence-electron chi connectivity index (χ4n) is 2.51. The van der Waals surface area contributed by atoms with Crippen LogP contribution in [-0.2, 0) is 19.4 Å². The number of piperazine rings is 1. The highest BCUT2D eigenvalue weighted by Crippen LogP contribution is 2.26. The molecule has 0 saturated carbocycles. The van der Waals surface area contributed by atoms with Crippen molar-refractivity contribution >= 4 is 21.7 Å². The number of carbonyl (C=O) groups is 2. The Hall–Kier alpha value is -0.990. The van der Waals surface area contributed by atoms with E-state index in [0.717, 1.165) is 0 Å². The maximum absolute atomic E-state index is 11.8. The van der Waals surface area contributed by atoms with Gasteiger partial charge in [0.25, 0.3) is 0 Å². The van der Waals surface area contributed by atoms with E-state index in [1.54, 1.807) is 18.7 Å². The number of nitrogens with zero attached hydrogens (tertiary/aromatic N) is 1. The Morgan fingerprint density at radius 2 is 1.94 bits per heavy atom. The van der Waals surface area contributed by atoms with Crippen molar-refractivity contribution in [3.63, 3.8) is 0 Å². The van der Waals surface area contributed by atoms with Crippen LogP contribution in [0.1, 0.15) is 13.8 Å². The van der Waals surface area contributed by atoms with Crippen molar-refractivity contribution < 1.29 is 18.0 Å². The summed E-state index contributed by atoms with van der Waals surface area (Å²) in [5.41, 5.74) is 4.90. The highest BCUT2D eigenvalue weighted by Gasteiger charge is 2.49. The molecule has 8 heteroatoms. The van der Waals surface area contributed by atoms with Crippen molar-refractivity contribution in [2.75, 3.05) is 18.1 Å². The highest BCUT2D eigenvalue weighted by atomic mass is 32.2. The Bertz CT molecular complexity index is 499. The molecule has 0 bridgehead atoms. The summed E-state index contributed by atoms with van der Waals surface area (Å²) in [6.07, 6.45) is 0. The summed E-state index contributed by atoms with van der Waals surface area (Å²) < 4.78 is 23.2. The largest absolute Gasteiger partial charge is 0.325 e. The van der Waals surface area contributed by atoms with Gasteiger partial charge in [-0.15, -0.1) is 0 Å². The summed E-state index contributed by atoms with van der Waals surface area (Å²) in [4.78, 5) is 24.8. The summed E-state index contributed by atoms with van der Waals surface area (Å²) in [7, 11) is -3.19. The van der Waals surface area contributed by atoms with E-state index in [9.17, 15) is 18.0 Å². The third-order valence-electron chi connectivity index (χ3n) is 3.61. The molecular formula is C10H17N3O4S. The molecule has 2 amide bonds. The van der Waals surface area contributed by atoms with Crippen molar-refractivity contribution in [1.29, 1.82) is 0 Å². The summed E-state index contributed by atoms with van der Waals surface area (Å²) >= 11 is 0. The quantitative estimate of drug-likeness (QED) is 0.528. The van der Waals surface area contributed by atoms with Gasteiger partial charge in [-0.3, -0.25) is 19.8 Å². The molecule has 2 rings (SSSR count). The highest BCUT2D eigenvalue weighted by molar-refractivity contribution is 7.91. The molecule has 0 aromatic rings. The molecular weight excluding hydrogens is 258 g/mol. The number of hydrogen-bond donors (Lipinski definition) is 2. The maximum Gasteiger partial charge on any atom is 0.246 e. The van der Waals surface area contributed by atoms with Crippen LogP contribution in [0.15, 0.2) is 0 Å². The minimum absolute atomic E-state index is 0.00731. The molecule has 18 heavy (non-hydrogen) atoms. The van der Waals surface area contributed by atoms with E-state index in [-0.39, 0.29) is 18.1 Å².